The molecule has 1 rings (SSSR count). The molecular weight excluding hydrogens is 300 g/mol. The van der Waals surface area contributed by atoms with Gasteiger partial charge in [-0.05, 0) is 31.2 Å². The number of rotatable bonds is 6. The Kier molecular flexibility index (Phi) is 5.28. The Morgan fingerprint density at radius 2 is 1.70 bits per heavy atom. The van der Waals surface area contributed by atoms with Crippen molar-refractivity contribution in [2.24, 2.45) is 5.73 Å². The topological polar surface area (TPSA) is 118 Å². The number of nitrogens with two attached hydrogens (primary N) is 1. The minimum Gasteiger partial charge on any atom is -0.327 e. The SMILES string of the molecule is CC(N)CS(=O)(=O)CCS(=O)(=O)c1ccc(C#N)cc1. The average molecular weight is 316 g/mol. The Hall–Kier alpha value is -1.43. The van der Waals surface area contributed by atoms with E-state index in [1.807, 2.05) is 6.07 Å². The lowest BCUT2D eigenvalue weighted by atomic mass is 10.2. The maximum atomic E-state index is 12.0. The molecule has 0 aliphatic rings. The van der Waals surface area contributed by atoms with Gasteiger partial charge in [0.2, 0.25) is 0 Å². The molecule has 0 amide bonds. The van der Waals surface area contributed by atoms with Gasteiger partial charge in [0.25, 0.3) is 0 Å². The van der Waals surface area contributed by atoms with E-state index in [2.05, 4.69) is 0 Å². The van der Waals surface area contributed by atoms with E-state index in [9.17, 15) is 16.8 Å². The van der Waals surface area contributed by atoms with Crippen molar-refractivity contribution in [3.63, 3.8) is 0 Å². The zero-order chi connectivity index (χ0) is 15.4. The van der Waals surface area contributed by atoms with E-state index in [1.54, 1.807) is 6.92 Å². The molecule has 1 unspecified atom stereocenters. The number of nitrogens with zero attached hydrogens (tertiary/aromatic N) is 1. The van der Waals surface area contributed by atoms with Crippen LogP contribution in [0.15, 0.2) is 29.2 Å². The van der Waals surface area contributed by atoms with Gasteiger partial charge in [0.05, 0.1) is 33.8 Å². The highest BCUT2D eigenvalue weighted by Gasteiger charge is 2.20. The van der Waals surface area contributed by atoms with Gasteiger partial charge < -0.3 is 5.73 Å². The molecule has 1 aromatic carbocycles. The van der Waals surface area contributed by atoms with Crippen LogP contribution in [0.2, 0.25) is 0 Å². The van der Waals surface area contributed by atoms with Crippen molar-refractivity contribution in [2.75, 3.05) is 17.3 Å². The first-order valence-electron chi connectivity index (χ1n) is 5.85. The molecule has 0 spiro atoms. The molecule has 20 heavy (non-hydrogen) atoms. The molecule has 110 valence electrons. The number of hydrogen-bond donors (Lipinski definition) is 1. The standard InChI is InChI=1S/C12H16N2O4S2/c1-10(14)9-19(15,16)6-7-20(17,18)12-4-2-11(8-13)3-5-12/h2-5,10H,6-7,9,14H2,1H3. The first-order valence-corrected chi connectivity index (χ1v) is 9.32. The summed E-state index contributed by atoms with van der Waals surface area (Å²) in [6.45, 7) is 1.55. The van der Waals surface area contributed by atoms with Crippen LogP contribution < -0.4 is 5.73 Å². The van der Waals surface area contributed by atoms with Gasteiger partial charge in [0.15, 0.2) is 19.7 Å². The second-order valence-corrected chi connectivity index (χ2v) is 8.88. The van der Waals surface area contributed by atoms with Crippen LogP contribution in [0.25, 0.3) is 0 Å². The minimum atomic E-state index is -3.68. The number of hydrogen-bond acceptors (Lipinski definition) is 6. The second kappa shape index (κ2) is 6.35. The van der Waals surface area contributed by atoms with Crippen LogP contribution in [0.4, 0.5) is 0 Å². The zero-order valence-corrected chi connectivity index (χ0v) is 12.6. The minimum absolute atomic E-state index is 0.00694. The van der Waals surface area contributed by atoms with Crippen molar-refractivity contribution < 1.29 is 16.8 Å². The third-order valence-electron chi connectivity index (χ3n) is 2.52. The first-order chi connectivity index (χ1) is 9.16. The van der Waals surface area contributed by atoms with Gasteiger partial charge in [-0.3, -0.25) is 0 Å². The highest BCUT2D eigenvalue weighted by molar-refractivity contribution is 7.95. The van der Waals surface area contributed by atoms with E-state index in [1.165, 1.54) is 24.3 Å². The molecule has 0 saturated carbocycles. The summed E-state index contributed by atoms with van der Waals surface area (Å²) in [5, 5.41) is 8.63. The van der Waals surface area contributed by atoms with Gasteiger partial charge in [-0.2, -0.15) is 5.26 Å². The van der Waals surface area contributed by atoms with Gasteiger partial charge in [-0.15, -0.1) is 0 Å². The first kappa shape index (κ1) is 16.6. The Balaban J connectivity index is 2.83. The van der Waals surface area contributed by atoms with E-state index in [0.717, 1.165) is 0 Å². The van der Waals surface area contributed by atoms with Crippen LogP contribution in [-0.2, 0) is 19.7 Å². The maximum Gasteiger partial charge on any atom is 0.179 e. The highest BCUT2D eigenvalue weighted by Crippen LogP contribution is 2.13. The molecule has 0 radical (unpaired) electrons. The summed E-state index contributed by atoms with van der Waals surface area (Å²) in [5.41, 5.74) is 5.74. The van der Waals surface area contributed by atoms with Gasteiger partial charge in [-0.1, -0.05) is 0 Å². The number of nitriles is 1. The molecule has 1 aromatic rings. The van der Waals surface area contributed by atoms with Crippen molar-refractivity contribution in [3.8, 4) is 6.07 Å². The maximum absolute atomic E-state index is 12.0. The molecule has 1 atom stereocenters. The second-order valence-electron chi connectivity index (χ2n) is 4.55. The van der Waals surface area contributed by atoms with Crippen LogP contribution in [-0.4, -0.2) is 40.1 Å². The molecule has 2 N–H and O–H groups in total. The smallest absolute Gasteiger partial charge is 0.179 e. The largest absolute Gasteiger partial charge is 0.327 e. The molecule has 0 aliphatic carbocycles. The van der Waals surface area contributed by atoms with Gasteiger partial charge in [0, 0.05) is 6.04 Å². The van der Waals surface area contributed by atoms with E-state index >= 15 is 0 Å². The highest BCUT2D eigenvalue weighted by atomic mass is 32.2. The predicted molar refractivity (Wildman–Crippen MR) is 75.5 cm³/mol. The van der Waals surface area contributed by atoms with Crippen LogP contribution in [0, 0.1) is 11.3 Å². The quantitative estimate of drug-likeness (QED) is 0.795. The van der Waals surface area contributed by atoms with Crippen molar-refractivity contribution in [1.82, 2.24) is 0 Å². The summed E-state index contributed by atoms with van der Waals surface area (Å²) >= 11 is 0. The van der Waals surface area contributed by atoms with Crippen molar-refractivity contribution in [2.45, 2.75) is 17.9 Å². The fourth-order valence-corrected chi connectivity index (χ4v) is 5.22. The zero-order valence-electron chi connectivity index (χ0n) is 11.0. The van der Waals surface area contributed by atoms with Crippen LogP contribution in [0.1, 0.15) is 12.5 Å². The summed E-state index contributed by atoms with van der Waals surface area (Å²) in [7, 11) is -7.18. The molecule has 0 aromatic heterocycles. The monoisotopic (exact) mass is 316 g/mol. The van der Waals surface area contributed by atoms with E-state index in [-0.39, 0.29) is 10.6 Å². The molecule has 8 heteroatoms. The van der Waals surface area contributed by atoms with Crippen LogP contribution in [0.5, 0.6) is 0 Å². The summed E-state index contributed by atoms with van der Waals surface area (Å²) < 4.78 is 47.2. The lowest BCUT2D eigenvalue weighted by Gasteiger charge is -2.08. The normalized spacial score (nSPS) is 13.7. The van der Waals surface area contributed by atoms with Crippen LogP contribution in [0.3, 0.4) is 0 Å². The summed E-state index contributed by atoms with van der Waals surface area (Å²) in [4.78, 5) is 0.00694. The molecule has 0 aliphatic heterocycles. The Bertz CT molecular complexity index is 699. The summed E-state index contributed by atoms with van der Waals surface area (Å²) in [5.74, 6) is -1.19. The van der Waals surface area contributed by atoms with Crippen molar-refractivity contribution in [1.29, 1.82) is 5.26 Å². The van der Waals surface area contributed by atoms with E-state index < -0.39 is 37.2 Å². The van der Waals surface area contributed by atoms with Gasteiger partial charge >= 0.3 is 0 Å². The lowest BCUT2D eigenvalue weighted by molar-refractivity contribution is 0.584. The molecule has 0 bridgehead atoms. The summed E-state index contributed by atoms with van der Waals surface area (Å²) in [6, 6.07) is 6.70. The fourth-order valence-electron chi connectivity index (χ4n) is 1.58. The summed E-state index contributed by atoms with van der Waals surface area (Å²) in [6.07, 6.45) is 0. The van der Waals surface area contributed by atoms with Gasteiger partial charge in [0.1, 0.15) is 0 Å². The molecule has 0 fully saturated rings. The fraction of sp³-hybridized carbons (Fsp3) is 0.417. The predicted octanol–water partition coefficient (Wildman–Crippen LogP) is 0.0940. The number of sulfone groups is 2. The van der Waals surface area contributed by atoms with Crippen molar-refractivity contribution >= 4 is 19.7 Å². The van der Waals surface area contributed by atoms with E-state index in [0.29, 0.717) is 5.56 Å². The average Bonchev–Trinajstić information content (AvgIpc) is 2.35. The molecular formula is C12H16N2O4S2. The van der Waals surface area contributed by atoms with Gasteiger partial charge in [-0.25, -0.2) is 16.8 Å². The van der Waals surface area contributed by atoms with Crippen molar-refractivity contribution in [3.05, 3.63) is 29.8 Å². The molecule has 6 nitrogen and oxygen atoms in total. The number of benzene rings is 1. The third-order valence-corrected chi connectivity index (χ3v) is 6.37. The molecule has 0 saturated heterocycles. The molecule has 0 heterocycles. The Morgan fingerprint density at radius 3 is 2.15 bits per heavy atom. The lowest BCUT2D eigenvalue weighted by Crippen LogP contribution is -2.29. The van der Waals surface area contributed by atoms with Crippen LogP contribution >= 0.6 is 0 Å². The Labute approximate surface area is 119 Å². The Morgan fingerprint density at radius 1 is 1.15 bits per heavy atom. The third kappa shape index (κ3) is 4.92. The van der Waals surface area contributed by atoms with E-state index in [4.69, 9.17) is 11.0 Å².